The number of carbonyl (C=O) groups is 1. The van der Waals surface area contributed by atoms with Crippen LogP contribution in [-0.4, -0.2) is 23.2 Å². The number of amides is 1. The zero-order chi connectivity index (χ0) is 14.7. The highest BCUT2D eigenvalue weighted by atomic mass is 16.5. The van der Waals surface area contributed by atoms with E-state index in [0.717, 1.165) is 30.6 Å². The maximum absolute atomic E-state index is 11.7. The van der Waals surface area contributed by atoms with E-state index in [2.05, 4.69) is 15.5 Å². The summed E-state index contributed by atoms with van der Waals surface area (Å²) in [6.45, 7) is 0.276. The van der Waals surface area contributed by atoms with Crippen LogP contribution in [0, 0.1) is 5.92 Å². The summed E-state index contributed by atoms with van der Waals surface area (Å²) in [5.41, 5.74) is 0.844. The number of hydrogen-bond donors (Lipinski definition) is 1. The van der Waals surface area contributed by atoms with Crippen LogP contribution < -0.4 is 10.1 Å². The van der Waals surface area contributed by atoms with Gasteiger partial charge >= 0.3 is 0 Å². The van der Waals surface area contributed by atoms with Crippen LogP contribution in [0.5, 0.6) is 5.75 Å². The molecule has 6 heteroatoms. The van der Waals surface area contributed by atoms with Crippen LogP contribution in [0.4, 0.5) is 0 Å². The summed E-state index contributed by atoms with van der Waals surface area (Å²) in [6, 6.07) is 7.40. The van der Waals surface area contributed by atoms with Crippen molar-refractivity contribution in [1.29, 1.82) is 0 Å². The van der Waals surface area contributed by atoms with Crippen LogP contribution in [0.1, 0.15) is 25.2 Å². The summed E-state index contributed by atoms with van der Waals surface area (Å²) in [7, 11) is 1.62. The lowest BCUT2D eigenvalue weighted by Gasteiger charge is -2.23. The maximum atomic E-state index is 11.7. The average Bonchev–Trinajstić information content (AvgIpc) is 2.92. The molecule has 2 aromatic rings. The average molecular weight is 287 g/mol. The predicted molar refractivity (Wildman–Crippen MR) is 75.5 cm³/mol. The Bertz CT molecular complexity index is 617. The molecule has 0 atom stereocenters. The molecule has 0 spiro atoms. The number of benzene rings is 1. The van der Waals surface area contributed by atoms with Gasteiger partial charge in [-0.1, -0.05) is 11.6 Å². The number of nitrogens with zero attached hydrogens (tertiary/aromatic N) is 2. The Morgan fingerprint density at radius 2 is 2.14 bits per heavy atom. The van der Waals surface area contributed by atoms with Crippen LogP contribution in [0.25, 0.3) is 11.4 Å². The van der Waals surface area contributed by atoms with E-state index < -0.39 is 0 Å². The fraction of sp³-hybridized carbons (Fsp3) is 0.400. The second kappa shape index (κ2) is 5.95. The Balaban J connectivity index is 1.61. The zero-order valence-electron chi connectivity index (χ0n) is 11.8. The Morgan fingerprint density at radius 1 is 1.38 bits per heavy atom. The lowest BCUT2D eigenvalue weighted by Crippen LogP contribution is -2.34. The standard InChI is InChI=1S/C15H17N3O3/c1-20-12-7-5-10(6-8-12)14-17-13(21-18-14)9-16-15(19)11-3-2-4-11/h5-8,11H,2-4,9H2,1H3,(H,16,19). The molecule has 1 aliphatic carbocycles. The molecule has 21 heavy (non-hydrogen) atoms. The van der Waals surface area contributed by atoms with E-state index in [-0.39, 0.29) is 18.4 Å². The van der Waals surface area contributed by atoms with Crippen molar-refractivity contribution in [2.75, 3.05) is 7.11 Å². The van der Waals surface area contributed by atoms with Crippen LogP contribution in [0.3, 0.4) is 0 Å². The summed E-state index contributed by atoms with van der Waals surface area (Å²) in [5.74, 6) is 1.92. The van der Waals surface area contributed by atoms with Gasteiger partial charge in [0.1, 0.15) is 5.75 Å². The number of hydrogen-bond acceptors (Lipinski definition) is 5. The molecule has 1 aromatic carbocycles. The van der Waals surface area contributed by atoms with E-state index in [1.165, 1.54) is 0 Å². The lowest BCUT2D eigenvalue weighted by molar-refractivity contribution is -0.127. The SMILES string of the molecule is COc1ccc(-c2noc(CNC(=O)C3CCC3)n2)cc1. The van der Waals surface area contributed by atoms with Gasteiger partial charge in [-0.15, -0.1) is 0 Å². The molecule has 0 aliphatic heterocycles. The number of ether oxygens (including phenoxy) is 1. The summed E-state index contributed by atoms with van der Waals surface area (Å²) in [4.78, 5) is 16.0. The largest absolute Gasteiger partial charge is 0.497 e. The Morgan fingerprint density at radius 3 is 2.76 bits per heavy atom. The number of nitrogens with one attached hydrogen (secondary N) is 1. The van der Waals surface area contributed by atoms with E-state index in [1.807, 2.05) is 24.3 Å². The fourth-order valence-electron chi connectivity index (χ4n) is 2.16. The molecule has 1 aliphatic rings. The van der Waals surface area contributed by atoms with Crippen molar-refractivity contribution in [3.63, 3.8) is 0 Å². The van der Waals surface area contributed by atoms with Crippen molar-refractivity contribution in [2.24, 2.45) is 5.92 Å². The highest BCUT2D eigenvalue weighted by Gasteiger charge is 2.25. The monoisotopic (exact) mass is 287 g/mol. The van der Waals surface area contributed by atoms with Gasteiger partial charge in [0.25, 0.3) is 0 Å². The molecule has 1 fully saturated rings. The molecule has 0 unspecified atom stereocenters. The summed E-state index contributed by atoms with van der Waals surface area (Å²) in [5, 5.41) is 6.75. The fourth-order valence-corrected chi connectivity index (χ4v) is 2.16. The van der Waals surface area contributed by atoms with E-state index >= 15 is 0 Å². The number of rotatable bonds is 5. The molecular formula is C15H17N3O3. The minimum absolute atomic E-state index is 0.0745. The number of carbonyl (C=O) groups excluding carboxylic acids is 1. The van der Waals surface area contributed by atoms with Crippen LogP contribution >= 0.6 is 0 Å². The second-order valence-electron chi connectivity index (χ2n) is 5.09. The summed E-state index contributed by atoms with van der Waals surface area (Å²) < 4.78 is 10.3. The number of methoxy groups -OCH3 is 1. The molecule has 1 amide bonds. The van der Waals surface area contributed by atoms with Gasteiger partial charge in [0.05, 0.1) is 13.7 Å². The molecule has 0 saturated heterocycles. The first-order valence-corrected chi connectivity index (χ1v) is 7.01. The first-order chi connectivity index (χ1) is 10.3. The minimum Gasteiger partial charge on any atom is -0.497 e. The van der Waals surface area contributed by atoms with Gasteiger partial charge in [0.15, 0.2) is 0 Å². The maximum Gasteiger partial charge on any atom is 0.246 e. The van der Waals surface area contributed by atoms with E-state index in [0.29, 0.717) is 11.7 Å². The molecule has 6 nitrogen and oxygen atoms in total. The molecule has 1 heterocycles. The summed E-state index contributed by atoms with van der Waals surface area (Å²) >= 11 is 0. The third-order valence-electron chi connectivity index (χ3n) is 3.71. The third-order valence-corrected chi connectivity index (χ3v) is 3.71. The van der Waals surface area contributed by atoms with Crippen LogP contribution in [0.2, 0.25) is 0 Å². The van der Waals surface area contributed by atoms with Gasteiger partial charge in [-0.05, 0) is 37.1 Å². The van der Waals surface area contributed by atoms with Gasteiger partial charge in [-0.25, -0.2) is 0 Å². The second-order valence-corrected chi connectivity index (χ2v) is 5.09. The highest BCUT2D eigenvalue weighted by Crippen LogP contribution is 2.26. The van der Waals surface area contributed by atoms with Crippen molar-refractivity contribution in [2.45, 2.75) is 25.8 Å². The van der Waals surface area contributed by atoms with Gasteiger partial charge < -0.3 is 14.6 Å². The third kappa shape index (κ3) is 3.04. The lowest BCUT2D eigenvalue weighted by atomic mass is 9.85. The predicted octanol–water partition coefficient (Wildman–Crippen LogP) is 2.16. The minimum atomic E-state index is 0.0745. The van der Waals surface area contributed by atoms with Gasteiger partial charge in [0, 0.05) is 11.5 Å². The van der Waals surface area contributed by atoms with Gasteiger partial charge in [0.2, 0.25) is 17.6 Å². The molecule has 0 radical (unpaired) electrons. The van der Waals surface area contributed by atoms with Crippen molar-refractivity contribution >= 4 is 5.91 Å². The molecule has 0 bridgehead atoms. The Labute approximate surface area is 122 Å². The quantitative estimate of drug-likeness (QED) is 0.911. The van der Waals surface area contributed by atoms with Crippen molar-refractivity contribution in [3.05, 3.63) is 30.2 Å². The van der Waals surface area contributed by atoms with E-state index in [9.17, 15) is 4.79 Å². The molecule has 110 valence electrons. The smallest absolute Gasteiger partial charge is 0.246 e. The van der Waals surface area contributed by atoms with E-state index in [1.54, 1.807) is 7.11 Å². The first-order valence-electron chi connectivity index (χ1n) is 7.01. The molecule has 1 aromatic heterocycles. The van der Waals surface area contributed by atoms with Crippen molar-refractivity contribution in [3.8, 4) is 17.1 Å². The van der Waals surface area contributed by atoms with Gasteiger partial charge in [-0.2, -0.15) is 4.98 Å². The molecular weight excluding hydrogens is 270 g/mol. The molecule has 1 saturated carbocycles. The van der Waals surface area contributed by atoms with Crippen molar-refractivity contribution < 1.29 is 14.1 Å². The normalized spacial score (nSPS) is 14.5. The Hall–Kier alpha value is -2.37. The van der Waals surface area contributed by atoms with Crippen LogP contribution in [-0.2, 0) is 11.3 Å². The Kier molecular flexibility index (Phi) is 3.85. The molecule has 1 N–H and O–H groups in total. The summed E-state index contributed by atoms with van der Waals surface area (Å²) in [6.07, 6.45) is 3.10. The van der Waals surface area contributed by atoms with Gasteiger partial charge in [-0.3, -0.25) is 4.79 Å². The topological polar surface area (TPSA) is 77.3 Å². The van der Waals surface area contributed by atoms with Crippen molar-refractivity contribution in [1.82, 2.24) is 15.5 Å². The highest BCUT2D eigenvalue weighted by molar-refractivity contribution is 5.79. The number of aromatic nitrogens is 2. The van der Waals surface area contributed by atoms with Crippen LogP contribution in [0.15, 0.2) is 28.8 Å². The molecule has 3 rings (SSSR count). The van der Waals surface area contributed by atoms with E-state index in [4.69, 9.17) is 9.26 Å². The first kappa shape index (κ1) is 13.6. The zero-order valence-corrected chi connectivity index (χ0v) is 11.8.